The summed E-state index contributed by atoms with van der Waals surface area (Å²) in [6.45, 7) is 0. The number of rotatable bonds is 3. The van der Waals surface area contributed by atoms with Crippen LogP contribution in [0.5, 0.6) is 0 Å². The van der Waals surface area contributed by atoms with Gasteiger partial charge in [0.15, 0.2) is 4.77 Å². The van der Waals surface area contributed by atoms with E-state index in [2.05, 4.69) is 15.2 Å². The first-order chi connectivity index (χ1) is 11.7. The minimum atomic E-state index is -4.73. The SMILES string of the molecule is O=S(=O)(c1ccc(-n2cn[nH]c2=S)cc1)c1ccnc(C(F)(F)F)c1. The molecule has 0 atom stereocenters. The zero-order chi connectivity index (χ0) is 18.2. The molecule has 6 nitrogen and oxygen atoms in total. The van der Waals surface area contributed by atoms with Gasteiger partial charge in [-0.1, -0.05) is 0 Å². The van der Waals surface area contributed by atoms with Gasteiger partial charge >= 0.3 is 6.18 Å². The molecule has 0 aliphatic heterocycles. The summed E-state index contributed by atoms with van der Waals surface area (Å²) < 4.78 is 65.1. The number of sulfone groups is 1. The average Bonchev–Trinajstić information content (AvgIpc) is 3.00. The summed E-state index contributed by atoms with van der Waals surface area (Å²) >= 11 is 5.01. The van der Waals surface area contributed by atoms with Gasteiger partial charge in [0.05, 0.1) is 9.79 Å². The summed E-state index contributed by atoms with van der Waals surface area (Å²) in [4.78, 5) is 2.53. The van der Waals surface area contributed by atoms with Crippen molar-refractivity contribution in [3.05, 3.63) is 59.4 Å². The van der Waals surface area contributed by atoms with Crippen LogP contribution < -0.4 is 0 Å². The zero-order valence-corrected chi connectivity index (χ0v) is 13.9. The van der Waals surface area contributed by atoms with Gasteiger partial charge in [0.1, 0.15) is 12.0 Å². The van der Waals surface area contributed by atoms with Crippen molar-refractivity contribution in [1.82, 2.24) is 19.7 Å². The lowest BCUT2D eigenvalue weighted by atomic mass is 10.3. The van der Waals surface area contributed by atoms with E-state index in [0.717, 1.165) is 12.3 Å². The molecule has 1 aromatic carbocycles. The largest absolute Gasteiger partial charge is 0.433 e. The van der Waals surface area contributed by atoms with E-state index in [1.54, 1.807) is 0 Å². The van der Waals surface area contributed by atoms with E-state index in [4.69, 9.17) is 12.2 Å². The maximum absolute atomic E-state index is 12.7. The standard InChI is InChI=1S/C14H9F3N4O2S2/c15-14(16,17)12-7-11(5-6-18-12)25(22,23)10-3-1-9(2-4-10)21-8-19-20-13(21)24/h1-8H,(H,20,24). The minimum absolute atomic E-state index is 0.148. The highest BCUT2D eigenvalue weighted by atomic mass is 32.2. The molecule has 0 unspecified atom stereocenters. The Balaban J connectivity index is 2.01. The van der Waals surface area contributed by atoms with Crippen LogP contribution in [-0.4, -0.2) is 28.2 Å². The van der Waals surface area contributed by atoms with E-state index in [1.807, 2.05) is 0 Å². The Hall–Kier alpha value is -2.53. The van der Waals surface area contributed by atoms with Crippen molar-refractivity contribution >= 4 is 22.1 Å². The second-order valence-electron chi connectivity index (χ2n) is 4.90. The molecule has 0 aliphatic rings. The van der Waals surface area contributed by atoms with Crippen LogP contribution in [0.15, 0.2) is 58.7 Å². The van der Waals surface area contributed by atoms with E-state index >= 15 is 0 Å². The van der Waals surface area contributed by atoms with Crippen LogP contribution in [0.2, 0.25) is 0 Å². The number of H-pyrrole nitrogens is 1. The molecule has 3 rings (SSSR count). The van der Waals surface area contributed by atoms with Crippen molar-refractivity contribution in [2.45, 2.75) is 16.0 Å². The third kappa shape index (κ3) is 3.33. The van der Waals surface area contributed by atoms with Gasteiger partial charge in [-0.2, -0.15) is 18.3 Å². The van der Waals surface area contributed by atoms with Gasteiger partial charge < -0.3 is 0 Å². The fourth-order valence-corrected chi connectivity index (χ4v) is 3.57. The molecule has 130 valence electrons. The molecule has 0 bridgehead atoms. The van der Waals surface area contributed by atoms with E-state index in [-0.39, 0.29) is 4.90 Å². The molecule has 0 spiro atoms. The van der Waals surface area contributed by atoms with Crippen LogP contribution in [0, 0.1) is 4.77 Å². The van der Waals surface area contributed by atoms with Crippen LogP contribution in [0.4, 0.5) is 13.2 Å². The summed E-state index contributed by atoms with van der Waals surface area (Å²) in [5.41, 5.74) is -0.710. The quantitative estimate of drug-likeness (QED) is 0.700. The van der Waals surface area contributed by atoms with Crippen LogP contribution >= 0.6 is 12.2 Å². The average molecular weight is 386 g/mol. The summed E-state index contributed by atoms with van der Waals surface area (Å²) in [6, 6.07) is 7.05. The highest BCUT2D eigenvalue weighted by molar-refractivity contribution is 7.91. The zero-order valence-electron chi connectivity index (χ0n) is 12.2. The first kappa shape index (κ1) is 17.3. The number of aromatic nitrogens is 4. The smallest absolute Gasteiger partial charge is 0.275 e. The Morgan fingerprint density at radius 2 is 1.76 bits per heavy atom. The Morgan fingerprint density at radius 3 is 2.32 bits per heavy atom. The Kier molecular flexibility index (Phi) is 4.21. The number of aromatic amines is 1. The van der Waals surface area contributed by atoms with Gasteiger partial charge in [-0.05, 0) is 48.6 Å². The van der Waals surface area contributed by atoms with Gasteiger partial charge in [0, 0.05) is 11.9 Å². The predicted octanol–water partition coefficient (Wildman–Crippen LogP) is 3.18. The monoisotopic (exact) mass is 386 g/mol. The van der Waals surface area contributed by atoms with E-state index in [1.165, 1.54) is 35.2 Å². The number of halogens is 3. The third-order valence-corrected chi connectivity index (χ3v) is 5.36. The lowest BCUT2D eigenvalue weighted by Gasteiger charge is -2.09. The van der Waals surface area contributed by atoms with Crippen molar-refractivity contribution in [3.8, 4) is 5.69 Å². The van der Waals surface area contributed by atoms with Gasteiger partial charge in [0.2, 0.25) is 9.84 Å². The van der Waals surface area contributed by atoms with Gasteiger partial charge in [-0.25, -0.2) is 8.42 Å². The summed E-state index contributed by atoms with van der Waals surface area (Å²) in [5.74, 6) is 0. The molecule has 11 heteroatoms. The van der Waals surface area contributed by atoms with Gasteiger partial charge in [0.25, 0.3) is 0 Å². The number of nitrogens with one attached hydrogen (secondary N) is 1. The highest BCUT2D eigenvalue weighted by Crippen LogP contribution is 2.30. The maximum atomic E-state index is 12.7. The first-order valence-electron chi connectivity index (χ1n) is 6.70. The minimum Gasteiger partial charge on any atom is -0.275 e. The Labute approximate surface area is 144 Å². The maximum Gasteiger partial charge on any atom is 0.433 e. The molecule has 0 aliphatic carbocycles. The molecule has 3 aromatic rings. The molecule has 25 heavy (non-hydrogen) atoms. The lowest BCUT2D eigenvalue weighted by molar-refractivity contribution is -0.141. The fraction of sp³-hybridized carbons (Fsp3) is 0.0714. The normalized spacial score (nSPS) is 12.3. The molecule has 0 saturated heterocycles. The number of pyridine rings is 1. The van der Waals surface area contributed by atoms with Crippen molar-refractivity contribution in [3.63, 3.8) is 0 Å². The Morgan fingerprint density at radius 1 is 1.08 bits per heavy atom. The summed E-state index contributed by atoms with van der Waals surface area (Å²) in [7, 11) is -4.12. The van der Waals surface area contributed by atoms with E-state index in [0.29, 0.717) is 16.5 Å². The van der Waals surface area contributed by atoms with Gasteiger partial charge in [-0.15, -0.1) is 0 Å². The molecular weight excluding hydrogens is 377 g/mol. The molecule has 0 amide bonds. The van der Waals surface area contributed by atoms with E-state index < -0.39 is 26.6 Å². The van der Waals surface area contributed by atoms with Crippen molar-refractivity contribution in [2.24, 2.45) is 0 Å². The Bertz CT molecular complexity index is 1070. The number of nitrogens with zero attached hydrogens (tertiary/aromatic N) is 3. The molecule has 0 saturated carbocycles. The molecule has 2 heterocycles. The number of hydrogen-bond acceptors (Lipinski definition) is 5. The van der Waals surface area contributed by atoms with Crippen LogP contribution in [0.25, 0.3) is 5.69 Å². The second-order valence-corrected chi connectivity index (χ2v) is 7.24. The molecule has 1 N–H and O–H groups in total. The number of hydrogen-bond donors (Lipinski definition) is 1. The van der Waals surface area contributed by atoms with E-state index in [9.17, 15) is 21.6 Å². The lowest BCUT2D eigenvalue weighted by Crippen LogP contribution is -2.10. The summed E-state index contributed by atoms with van der Waals surface area (Å²) in [5, 5.41) is 6.31. The van der Waals surface area contributed by atoms with Crippen LogP contribution in [-0.2, 0) is 16.0 Å². The second kappa shape index (κ2) is 6.08. The molecule has 0 fully saturated rings. The number of benzene rings is 1. The van der Waals surface area contributed by atoms with Crippen LogP contribution in [0.3, 0.4) is 0 Å². The van der Waals surface area contributed by atoms with Gasteiger partial charge in [-0.3, -0.25) is 14.6 Å². The predicted molar refractivity (Wildman–Crippen MR) is 83.4 cm³/mol. The fourth-order valence-electron chi connectivity index (χ4n) is 2.09. The first-order valence-corrected chi connectivity index (χ1v) is 8.59. The van der Waals surface area contributed by atoms with Crippen LogP contribution in [0.1, 0.15) is 5.69 Å². The van der Waals surface area contributed by atoms with Crippen molar-refractivity contribution in [2.75, 3.05) is 0 Å². The number of alkyl halides is 3. The van der Waals surface area contributed by atoms with Crippen molar-refractivity contribution < 1.29 is 21.6 Å². The molecule has 0 radical (unpaired) electrons. The highest BCUT2D eigenvalue weighted by Gasteiger charge is 2.33. The van der Waals surface area contributed by atoms with Crippen molar-refractivity contribution in [1.29, 1.82) is 0 Å². The molecular formula is C14H9F3N4O2S2. The third-order valence-electron chi connectivity index (χ3n) is 3.31. The molecule has 2 aromatic heterocycles. The summed E-state index contributed by atoms with van der Waals surface area (Å²) in [6.07, 6.45) is -2.49. The topological polar surface area (TPSA) is 80.6 Å².